The van der Waals surface area contributed by atoms with Crippen LogP contribution in [-0.4, -0.2) is 13.3 Å². The summed E-state index contributed by atoms with van der Waals surface area (Å²) in [5, 5.41) is 0. The van der Waals surface area contributed by atoms with Gasteiger partial charge in [0.15, 0.2) is 11.5 Å². The second-order valence-corrected chi connectivity index (χ2v) is 3.72. The minimum Gasteiger partial charge on any atom is -0.454 e. The number of rotatable bonds is 4. The van der Waals surface area contributed by atoms with Gasteiger partial charge < -0.3 is 15.2 Å². The van der Waals surface area contributed by atoms with Crippen molar-refractivity contribution in [1.82, 2.24) is 0 Å². The Balaban J connectivity index is 2.27. The van der Waals surface area contributed by atoms with Crippen molar-refractivity contribution in [2.75, 3.05) is 13.3 Å². The third-order valence-corrected chi connectivity index (χ3v) is 2.73. The maximum absolute atomic E-state index is 5.52. The Morgan fingerprint density at radius 2 is 1.87 bits per heavy atom. The highest BCUT2D eigenvalue weighted by molar-refractivity contribution is 5.48. The van der Waals surface area contributed by atoms with Crippen LogP contribution in [0.1, 0.15) is 24.5 Å². The summed E-state index contributed by atoms with van der Waals surface area (Å²) in [4.78, 5) is 0. The van der Waals surface area contributed by atoms with Crippen molar-refractivity contribution in [2.45, 2.75) is 26.2 Å². The average molecular weight is 207 g/mol. The Labute approximate surface area is 90.2 Å². The Morgan fingerprint density at radius 1 is 1.20 bits per heavy atom. The minimum atomic E-state index is 0.346. The minimum absolute atomic E-state index is 0.346. The fourth-order valence-electron chi connectivity index (χ4n) is 1.88. The molecule has 0 saturated carbocycles. The van der Waals surface area contributed by atoms with E-state index in [1.54, 1.807) is 0 Å². The van der Waals surface area contributed by atoms with E-state index in [1.165, 1.54) is 11.1 Å². The Hall–Kier alpha value is -1.22. The predicted octanol–water partition coefficient (Wildman–Crippen LogP) is 1.87. The van der Waals surface area contributed by atoms with Crippen molar-refractivity contribution in [2.24, 2.45) is 5.73 Å². The van der Waals surface area contributed by atoms with Gasteiger partial charge in [0.1, 0.15) is 0 Å². The molecule has 1 aromatic rings. The third kappa shape index (κ3) is 2.07. The molecule has 1 aliphatic heterocycles. The molecular formula is C12H17NO2. The van der Waals surface area contributed by atoms with Crippen LogP contribution < -0.4 is 15.2 Å². The first-order valence-electron chi connectivity index (χ1n) is 5.46. The molecule has 2 rings (SSSR count). The number of nitrogens with two attached hydrogens (primary N) is 1. The topological polar surface area (TPSA) is 44.5 Å². The summed E-state index contributed by atoms with van der Waals surface area (Å²) in [5.74, 6) is 1.75. The molecule has 0 spiro atoms. The molecule has 82 valence electrons. The normalized spacial score (nSPS) is 13.2. The van der Waals surface area contributed by atoms with Gasteiger partial charge in [-0.15, -0.1) is 0 Å². The number of fused-ring (bicyclic) bond motifs is 1. The molecule has 3 nitrogen and oxygen atoms in total. The Morgan fingerprint density at radius 3 is 2.47 bits per heavy atom. The van der Waals surface area contributed by atoms with E-state index in [0.717, 1.165) is 37.3 Å². The van der Waals surface area contributed by atoms with Gasteiger partial charge in [0, 0.05) is 0 Å². The molecule has 15 heavy (non-hydrogen) atoms. The van der Waals surface area contributed by atoms with E-state index < -0.39 is 0 Å². The molecule has 0 atom stereocenters. The van der Waals surface area contributed by atoms with Crippen molar-refractivity contribution in [3.8, 4) is 11.5 Å². The summed E-state index contributed by atoms with van der Waals surface area (Å²) in [5.41, 5.74) is 8.21. The molecule has 0 aromatic heterocycles. The van der Waals surface area contributed by atoms with Crippen molar-refractivity contribution < 1.29 is 9.47 Å². The lowest BCUT2D eigenvalue weighted by atomic mass is 10.00. The summed E-state index contributed by atoms with van der Waals surface area (Å²) >= 11 is 0. The molecule has 0 aliphatic carbocycles. The molecule has 2 N–H and O–H groups in total. The monoisotopic (exact) mass is 207 g/mol. The van der Waals surface area contributed by atoms with Crippen molar-refractivity contribution in [1.29, 1.82) is 0 Å². The van der Waals surface area contributed by atoms with Gasteiger partial charge in [-0.1, -0.05) is 6.92 Å². The number of aryl methyl sites for hydroxylation is 2. The van der Waals surface area contributed by atoms with Crippen LogP contribution in [0.2, 0.25) is 0 Å². The van der Waals surface area contributed by atoms with Gasteiger partial charge in [0.2, 0.25) is 6.79 Å². The molecule has 1 aliphatic rings. The maximum Gasteiger partial charge on any atom is 0.231 e. The zero-order valence-corrected chi connectivity index (χ0v) is 9.08. The zero-order valence-electron chi connectivity index (χ0n) is 9.08. The molecule has 1 aromatic carbocycles. The molecule has 0 unspecified atom stereocenters. The van der Waals surface area contributed by atoms with Crippen LogP contribution in [0.25, 0.3) is 0 Å². The van der Waals surface area contributed by atoms with Crippen LogP contribution in [0.4, 0.5) is 0 Å². The molecule has 0 radical (unpaired) electrons. The second kappa shape index (κ2) is 4.53. The summed E-state index contributed by atoms with van der Waals surface area (Å²) in [6.45, 7) is 3.24. The van der Waals surface area contributed by atoms with Gasteiger partial charge in [-0.05, 0) is 49.1 Å². The molecule has 1 heterocycles. The van der Waals surface area contributed by atoms with Gasteiger partial charge in [-0.25, -0.2) is 0 Å². The standard InChI is InChI=1S/C12H17NO2/c1-2-9-6-11-12(15-8-14-11)7-10(9)4-3-5-13/h6-7H,2-5,8,13H2,1H3. The van der Waals surface area contributed by atoms with E-state index >= 15 is 0 Å². The van der Waals surface area contributed by atoms with Gasteiger partial charge in [0.05, 0.1) is 0 Å². The lowest BCUT2D eigenvalue weighted by molar-refractivity contribution is 0.174. The van der Waals surface area contributed by atoms with E-state index in [-0.39, 0.29) is 0 Å². The van der Waals surface area contributed by atoms with Gasteiger partial charge in [0.25, 0.3) is 0 Å². The lowest BCUT2D eigenvalue weighted by Crippen LogP contribution is -2.02. The smallest absolute Gasteiger partial charge is 0.231 e. The molecule has 0 amide bonds. The number of benzene rings is 1. The van der Waals surface area contributed by atoms with Gasteiger partial charge in [-0.3, -0.25) is 0 Å². The molecule has 0 saturated heterocycles. The van der Waals surface area contributed by atoms with E-state index in [4.69, 9.17) is 15.2 Å². The zero-order chi connectivity index (χ0) is 10.7. The molecule has 0 fully saturated rings. The number of ether oxygens (including phenoxy) is 2. The molecule has 3 heteroatoms. The summed E-state index contributed by atoms with van der Waals surface area (Å²) in [6, 6.07) is 4.19. The Kier molecular flexibility index (Phi) is 3.11. The van der Waals surface area contributed by atoms with Crippen LogP contribution >= 0.6 is 0 Å². The number of hydrogen-bond acceptors (Lipinski definition) is 3. The highest BCUT2D eigenvalue weighted by Gasteiger charge is 2.15. The van der Waals surface area contributed by atoms with Crippen molar-refractivity contribution in [3.63, 3.8) is 0 Å². The second-order valence-electron chi connectivity index (χ2n) is 3.72. The first-order chi connectivity index (χ1) is 7.35. The first kappa shape index (κ1) is 10.3. The predicted molar refractivity (Wildman–Crippen MR) is 59.3 cm³/mol. The van der Waals surface area contributed by atoms with Gasteiger partial charge >= 0.3 is 0 Å². The first-order valence-corrected chi connectivity index (χ1v) is 5.46. The summed E-state index contributed by atoms with van der Waals surface area (Å²) < 4.78 is 10.7. The van der Waals surface area contributed by atoms with E-state index in [0.29, 0.717) is 6.79 Å². The summed E-state index contributed by atoms with van der Waals surface area (Å²) in [6.07, 6.45) is 3.07. The van der Waals surface area contributed by atoms with Crippen molar-refractivity contribution >= 4 is 0 Å². The quantitative estimate of drug-likeness (QED) is 0.819. The van der Waals surface area contributed by atoms with Crippen LogP contribution in [0.5, 0.6) is 11.5 Å². The lowest BCUT2D eigenvalue weighted by Gasteiger charge is -2.08. The van der Waals surface area contributed by atoms with Gasteiger partial charge in [-0.2, -0.15) is 0 Å². The van der Waals surface area contributed by atoms with Crippen LogP contribution in [0, 0.1) is 0 Å². The highest BCUT2D eigenvalue weighted by atomic mass is 16.7. The fraction of sp³-hybridized carbons (Fsp3) is 0.500. The highest BCUT2D eigenvalue weighted by Crippen LogP contribution is 2.35. The average Bonchev–Trinajstić information content (AvgIpc) is 2.71. The fourth-order valence-corrected chi connectivity index (χ4v) is 1.88. The SMILES string of the molecule is CCc1cc2c(cc1CCCN)OCO2. The van der Waals surface area contributed by atoms with E-state index in [1.807, 2.05) is 0 Å². The number of hydrogen-bond donors (Lipinski definition) is 1. The maximum atomic E-state index is 5.52. The van der Waals surface area contributed by atoms with Crippen molar-refractivity contribution in [3.05, 3.63) is 23.3 Å². The van der Waals surface area contributed by atoms with Crippen LogP contribution in [-0.2, 0) is 12.8 Å². The third-order valence-electron chi connectivity index (χ3n) is 2.73. The van der Waals surface area contributed by atoms with E-state index in [2.05, 4.69) is 19.1 Å². The largest absolute Gasteiger partial charge is 0.454 e. The molecular weight excluding hydrogens is 190 g/mol. The van der Waals surface area contributed by atoms with E-state index in [9.17, 15) is 0 Å². The summed E-state index contributed by atoms with van der Waals surface area (Å²) in [7, 11) is 0. The molecule has 0 bridgehead atoms. The van der Waals surface area contributed by atoms with Crippen LogP contribution in [0.15, 0.2) is 12.1 Å². The van der Waals surface area contributed by atoms with Crippen LogP contribution in [0.3, 0.4) is 0 Å². The Bertz CT molecular complexity index is 350.